The molecule has 0 fully saturated rings. The first-order valence-electron chi connectivity index (χ1n) is 9.05. The molecular weight excluding hydrogens is 378 g/mol. The van der Waals surface area contributed by atoms with E-state index >= 15 is 0 Å². The predicted molar refractivity (Wildman–Crippen MR) is 104 cm³/mol. The van der Waals surface area contributed by atoms with Gasteiger partial charge in [-0.15, -0.1) is 0 Å². The zero-order valence-corrected chi connectivity index (χ0v) is 16.5. The van der Waals surface area contributed by atoms with Crippen LogP contribution in [-0.4, -0.2) is 46.4 Å². The summed E-state index contributed by atoms with van der Waals surface area (Å²) in [6, 6.07) is 9.53. The van der Waals surface area contributed by atoms with Gasteiger partial charge in [-0.05, 0) is 35.9 Å². The lowest BCUT2D eigenvalue weighted by Gasteiger charge is -2.21. The number of carbonyl (C=O) groups is 2. The summed E-state index contributed by atoms with van der Waals surface area (Å²) in [4.78, 5) is 24.8. The third kappa shape index (κ3) is 4.71. The molecule has 0 bridgehead atoms. The summed E-state index contributed by atoms with van der Waals surface area (Å²) in [7, 11) is 4.36. The van der Waals surface area contributed by atoms with Gasteiger partial charge in [0.15, 0.2) is 23.0 Å². The van der Waals surface area contributed by atoms with E-state index in [1.165, 1.54) is 21.3 Å². The summed E-state index contributed by atoms with van der Waals surface area (Å²) in [6.45, 7) is 0.897. The second-order valence-electron chi connectivity index (χ2n) is 6.28. The normalized spacial score (nSPS) is 13.2. The van der Waals surface area contributed by atoms with Crippen molar-refractivity contribution in [2.75, 3.05) is 34.5 Å². The summed E-state index contributed by atoms with van der Waals surface area (Å²) in [5.41, 5.74) is 1.07. The SMILES string of the molecule is COC(=O)C[C@H](NC(=O)c1ccc2c(c1)OCCO2)c1ccc(OC)c(OC)c1. The summed E-state index contributed by atoms with van der Waals surface area (Å²) in [6.07, 6.45) is -0.0394. The van der Waals surface area contributed by atoms with Crippen molar-refractivity contribution < 1.29 is 33.3 Å². The number of nitrogens with one attached hydrogen (secondary N) is 1. The van der Waals surface area contributed by atoms with Gasteiger partial charge in [0, 0.05) is 5.56 Å². The molecule has 1 atom stereocenters. The van der Waals surface area contributed by atoms with Crippen molar-refractivity contribution in [2.24, 2.45) is 0 Å². The van der Waals surface area contributed by atoms with Gasteiger partial charge >= 0.3 is 5.97 Å². The Morgan fingerprint density at radius 1 is 0.966 bits per heavy atom. The van der Waals surface area contributed by atoms with Gasteiger partial charge in [0.25, 0.3) is 5.91 Å². The summed E-state index contributed by atoms with van der Waals surface area (Å²) < 4.78 is 26.4. The monoisotopic (exact) mass is 401 g/mol. The largest absolute Gasteiger partial charge is 0.493 e. The number of rotatable bonds is 7. The maximum atomic E-state index is 12.8. The summed E-state index contributed by atoms with van der Waals surface area (Å²) in [5, 5.41) is 2.88. The first-order valence-corrected chi connectivity index (χ1v) is 9.05. The number of methoxy groups -OCH3 is 3. The Morgan fingerprint density at radius 2 is 1.69 bits per heavy atom. The summed E-state index contributed by atoms with van der Waals surface area (Å²) in [5.74, 6) is 1.34. The number of carbonyl (C=O) groups excluding carboxylic acids is 2. The third-order valence-electron chi connectivity index (χ3n) is 4.52. The second-order valence-corrected chi connectivity index (χ2v) is 6.28. The topological polar surface area (TPSA) is 92.3 Å². The fourth-order valence-electron chi connectivity index (χ4n) is 3.00. The van der Waals surface area contributed by atoms with Gasteiger partial charge in [0.1, 0.15) is 13.2 Å². The molecule has 2 aromatic rings. The van der Waals surface area contributed by atoms with Crippen LogP contribution in [0.5, 0.6) is 23.0 Å². The number of ether oxygens (including phenoxy) is 5. The molecule has 29 heavy (non-hydrogen) atoms. The second kappa shape index (κ2) is 9.18. The van der Waals surface area contributed by atoms with E-state index in [9.17, 15) is 9.59 Å². The molecule has 1 aliphatic heterocycles. The number of hydrogen-bond acceptors (Lipinski definition) is 7. The third-order valence-corrected chi connectivity index (χ3v) is 4.52. The van der Waals surface area contributed by atoms with Crippen molar-refractivity contribution in [3.05, 3.63) is 47.5 Å². The Labute approximate surface area is 168 Å². The Hall–Kier alpha value is -3.42. The lowest BCUT2D eigenvalue weighted by atomic mass is 10.0. The molecule has 0 radical (unpaired) electrons. The van der Waals surface area contributed by atoms with E-state index in [1.807, 2.05) is 0 Å². The smallest absolute Gasteiger partial charge is 0.307 e. The molecule has 154 valence electrons. The van der Waals surface area contributed by atoms with Crippen molar-refractivity contribution in [1.82, 2.24) is 5.32 Å². The van der Waals surface area contributed by atoms with Crippen LogP contribution < -0.4 is 24.3 Å². The van der Waals surface area contributed by atoms with E-state index < -0.39 is 12.0 Å². The highest BCUT2D eigenvalue weighted by molar-refractivity contribution is 5.95. The molecule has 1 heterocycles. The molecule has 3 rings (SSSR count). The van der Waals surface area contributed by atoms with Gasteiger partial charge in [-0.2, -0.15) is 0 Å². The van der Waals surface area contributed by atoms with Gasteiger partial charge in [0.05, 0.1) is 33.8 Å². The van der Waals surface area contributed by atoms with Crippen LogP contribution >= 0.6 is 0 Å². The van der Waals surface area contributed by atoms with E-state index in [0.29, 0.717) is 47.3 Å². The minimum atomic E-state index is -0.622. The molecule has 0 saturated heterocycles. The molecule has 0 spiro atoms. The van der Waals surface area contributed by atoms with Gasteiger partial charge in [-0.3, -0.25) is 9.59 Å². The van der Waals surface area contributed by atoms with Crippen LogP contribution in [0.25, 0.3) is 0 Å². The van der Waals surface area contributed by atoms with Crippen LogP contribution in [0.15, 0.2) is 36.4 Å². The zero-order chi connectivity index (χ0) is 20.8. The number of esters is 1. The van der Waals surface area contributed by atoms with Crippen molar-refractivity contribution in [3.8, 4) is 23.0 Å². The molecule has 8 nitrogen and oxygen atoms in total. The van der Waals surface area contributed by atoms with Crippen molar-refractivity contribution in [2.45, 2.75) is 12.5 Å². The number of benzene rings is 2. The Kier molecular flexibility index (Phi) is 6.43. The van der Waals surface area contributed by atoms with Crippen molar-refractivity contribution >= 4 is 11.9 Å². The molecule has 0 unspecified atom stereocenters. The van der Waals surface area contributed by atoms with Crippen molar-refractivity contribution in [3.63, 3.8) is 0 Å². The molecule has 0 aromatic heterocycles. The minimum absolute atomic E-state index is 0.0394. The van der Waals surface area contributed by atoms with E-state index in [4.69, 9.17) is 23.7 Å². The summed E-state index contributed by atoms with van der Waals surface area (Å²) >= 11 is 0. The van der Waals surface area contributed by atoms with E-state index in [0.717, 1.165) is 0 Å². The van der Waals surface area contributed by atoms with Crippen LogP contribution in [0.3, 0.4) is 0 Å². The van der Waals surface area contributed by atoms with Crippen LogP contribution in [0.2, 0.25) is 0 Å². The highest BCUT2D eigenvalue weighted by Gasteiger charge is 2.22. The fourth-order valence-corrected chi connectivity index (χ4v) is 3.00. The van der Waals surface area contributed by atoms with Gasteiger partial charge in [-0.1, -0.05) is 6.07 Å². The molecule has 8 heteroatoms. The fraction of sp³-hybridized carbons (Fsp3) is 0.333. The zero-order valence-electron chi connectivity index (χ0n) is 16.5. The Morgan fingerprint density at radius 3 is 2.38 bits per heavy atom. The van der Waals surface area contributed by atoms with Gasteiger partial charge in [-0.25, -0.2) is 0 Å². The van der Waals surface area contributed by atoms with E-state index in [2.05, 4.69) is 5.32 Å². The maximum absolute atomic E-state index is 12.8. The van der Waals surface area contributed by atoms with Gasteiger partial charge in [0.2, 0.25) is 0 Å². The molecule has 0 saturated carbocycles. The lowest BCUT2D eigenvalue weighted by Crippen LogP contribution is -2.30. The van der Waals surface area contributed by atoms with E-state index in [-0.39, 0.29) is 12.3 Å². The molecular formula is C21H23NO7. The van der Waals surface area contributed by atoms with Crippen LogP contribution in [0.4, 0.5) is 0 Å². The average Bonchev–Trinajstić information content (AvgIpc) is 2.77. The van der Waals surface area contributed by atoms with Crippen LogP contribution in [0.1, 0.15) is 28.4 Å². The average molecular weight is 401 g/mol. The predicted octanol–water partition coefficient (Wildman–Crippen LogP) is 2.51. The van der Waals surface area contributed by atoms with Crippen LogP contribution in [0, 0.1) is 0 Å². The number of hydrogen-bond donors (Lipinski definition) is 1. The van der Waals surface area contributed by atoms with E-state index in [1.54, 1.807) is 36.4 Å². The quantitative estimate of drug-likeness (QED) is 0.713. The minimum Gasteiger partial charge on any atom is -0.493 e. The van der Waals surface area contributed by atoms with Crippen LogP contribution in [-0.2, 0) is 9.53 Å². The molecule has 2 aromatic carbocycles. The molecule has 1 N–H and O–H groups in total. The lowest BCUT2D eigenvalue weighted by molar-refractivity contribution is -0.141. The highest BCUT2D eigenvalue weighted by atomic mass is 16.6. The molecule has 0 aliphatic carbocycles. The Balaban J connectivity index is 1.85. The first-order chi connectivity index (χ1) is 14.0. The standard InChI is InChI=1S/C21H23NO7/c1-25-16-6-4-13(10-18(16)26-2)15(12-20(23)27-3)22-21(24)14-5-7-17-19(11-14)29-9-8-28-17/h4-7,10-11,15H,8-9,12H2,1-3H3,(H,22,24)/t15-/m0/s1. The molecule has 1 aliphatic rings. The molecule has 1 amide bonds. The number of amides is 1. The van der Waals surface area contributed by atoms with Gasteiger partial charge < -0.3 is 29.0 Å². The number of fused-ring (bicyclic) bond motifs is 1. The maximum Gasteiger partial charge on any atom is 0.307 e. The Bertz CT molecular complexity index is 897. The first kappa shape index (κ1) is 20.3. The highest BCUT2D eigenvalue weighted by Crippen LogP contribution is 2.33. The van der Waals surface area contributed by atoms with Crippen molar-refractivity contribution in [1.29, 1.82) is 0 Å².